The van der Waals surface area contributed by atoms with Crippen molar-refractivity contribution in [2.45, 2.75) is 39.4 Å². The molecule has 1 aliphatic rings. The molecule has 1 aliphatic heterocycles. The molecule has 2 heterocycles. The van der Waals surface area contributed by atoms with Gasteiger partial charge in [0.25, 0.3) is 0 Å². The Balaban J connectivity index is 1.70. The van der Waals surface area contributed by atoms with Crippen molar-refractivity contribution in [1.29, 1.82) is 5.26 Å². The highest BCUT2D eigenvalue weighted by Crippen LogP contribution is 2.30. The number of aryl methyl sites for hydroxylation is 1. The summed E-state index contributed by atoms with van der Waals surface area (Å²) in [5, 5.41) is 9.25. The maximum atomic E-state index is 9.25. The Hall–Kier alpha value is -2.45. The largest absolute Gasteiger partial charge is 0.497 e. The molecule has 0 atom stereocenters. The van der Waals surface area contributed by atoms with Crippen LogP contribution in [0.3, 0.4) is 0 Å². The molecule has 138 valence electrons. The van der Waals surface area contributed by atoms with Crippen molar-refractivity contribution >= 4 is 5.69 Å². The molecule has 26 heavy (non-hydrogen) atoms. The molecule has 1 fully saturated rings. The Labute approximate surface area is 156 Å². The zero-order valence-corrected chi connectivity index (χ0v) is 16.2. The fraction of sp³-hybridized carbons (Fsp3) is 0.476. The molecule has 5 heteroatoms. The number of nitriles is 1. The third-order valence-corrected chi connectivity index (χ3v) is 5.18. The van der Waals surface area contributed by atoms with Crippen molar-refractivity contribution in [2.75, 3.05) is 31.6 Å². The number of nitrogens with zero attached hydrogens (tertiary/aromatic N) is 4. The molecular weight excluding hydrogens is 324 g/mol. The van der Waals surface area contributed by atoms with E-state index in [-0.39, 0.29) is 5.54 Å². The van der Waals surface area contributed by atoms with Gasteiger partial charge in [-0.2, -0.15) is 5.26 Å². The number of methoxy groups -OCH3 is 1. The van der Waals surface area contributed by atoms with Crippen LogP contribution >= 0.6 is 0 Å². The molecule has 1 aromatic heterocycles. The van der Waals surface area contributed by atoms with Gasteiger partial charge >= 0.3 is 0 Å². The molecule has 2 aromatic rings. The number of anilines is 1. The molecule has 0 bridgehead atoms. The van der Waals surface area contributed by atoms with Crippen molar-refractivity contribution in [3.8, 4) is 11.8 Å². The van der Waals surface area contributed by atoms with E-state index in [1.807, 2.05) is 22.8 Å². The van der Waals surface area contributed by atoms with Gasteiger partial charge in [-0.3, -0.25) is 4.90 Å². The minimum absolute atomic E-state index is 0.0399. The SMILES string of the molecule is CCn1cc(CN2CCN(c3ccc(OC)cc3)C(C)(C)C2)cc1C#N. The van der Waals surface area contributed by atoms with Crippen LogP contribution in [0.5, 0.6) is 5.75 Å². The van der Waals surface area contributed by atoms with Crippen molar-refractivity contribution in [2.24, 2.45) is 0 Å². The Morgan fingerprint density at radius 3 is 2.46 bits per heavy atom. The van der Waals surface area contributed by atoms with E-state index < -0.39 is 0 Å². The Morgan fingerprint density at radius 2 is 1.92 bits per heavy atom. The van der Waals surface area contributed by atoms with Crippen LogP contribution in [-0.4, -0.2) is 41.8 Å². The standard InChI is InChI=1S/C21H28N4O/c1-5-24-15-17(12-19(24)13-22)14-23-10-11-25(21(2,3)16-23)18-6-8-20(26-4)9-7-18/h6-9,12,15H,5,10-11,14,16H2,1-4H3. The first kappa shape index (κ1) is 18.3. The minimum Gasteiger partial charge on any atom is -0.497 e. The summed E-state index contributed by atoms with van der Waals surface area (Å²) >= 11 is 0. The summed E-state index contributed by atoms with van der Waals surface area (Å²) in [6.45, 7) is 11.4. The number of benzene rings is 1. The van der Waals surface area contributed by atoms with E-state index in [0.717, 1.165) is 44.2 Å². The second-order valence-electron chi connectivity index (χ2n) is 7.50. The van der Waals surface area contributed by atoms with E-state index >= 15 is 0 Å². The number of ether oxygens (including phenoxy) is 1. The summed E-state index contributed by atoms with van der Waals surface area (Å²) < 4.78 is 7.29. The molecule has 0 aliphatic carbocycles. The van der Waals surface area contributed by atoms with Gasteiger partial charge in [-0.25, -0.2) is 0 Å². The average molecular weight is 352 g/mol. The topological polar surface area (TPSA) is 44.4 Å². The first-order valence-electron chi connectivity index (χ1n) is 9.20. The monoisotopic (exact) mass is 352 g/mol. The van der Waals surface area contributed by atoms with Crippen molar-refractivity contribution in [3.05, 3.63) is 47.8 Å². The lowest BCUT2D eigenvalue weighted by Crippen LogP contribution is -2.59. The highest BCUT2D eigenvalue weighted by atomic mass is 16.5. The summed E-state index contributed by atoms with van der Waals surface area (Å²) in [7, 11) is 1.70. The fourth-order valence-electron chi connectivity index (χ4n) is 3.90. The van der Waals surface area contributed by atoms with Gasteiger partial charge in [0.2, 0.25) is 0 Å². The molecule has 0 spiro atoms. The molecule has 0 radical (unpaired) electrons. The van der Waals surface area contributed by atoms with Crippen molar-refractivity contribution < 1.29 is 4.74 Å². The highest BCUT2D eigenvalue weighted by Gasteiger charge is 2.33. The molecule has 1 aromatic carbocycles. The van der Waals surface area contributed by atoms with Crippen LogP contribution in [0, 0.1) is 11.3 Å². The van der Waals surface area contributed by atoms with Gasteiger partial charge in [0.1, 0.15) is 17.5 Å². The third kappa shape index (κ3) is 3.71. The first-order chi connectivity index (χ1) is 12.5. The third-order valence-electron chi connectivity index (χ3n) is 5.18. The maximum Gasteiger partial charge on any atom is 0.120 e. The van der Waals surface area contributed by atoms with Gasteiger partial charge in [-0.05, 0) is 56.7 Å². The smallest absolute Gasteiger partial charge is 0.120 e. The Kier molecular flexibility index (Phi) is 5.24. The van der Waals surface area contributed by atoms with Gasteiger partial charge in [0.05, 0.1) is 7.11 Å². The first-order valence-corrected chi connectivity index (χ1v) is 9.20. The van der Waals surface area contributed by atoms with Gasteiger partial charge in [0, 0.05) is 50.1 Å². The molecule has 0 saturated carbocycles. The van der Waals surface area contributed by atoms with E-state index in [1.54, 1.807) is 7.11 Å². The minimum atomic E-state index is 0.0399. The average Bonchev–Trinajstić information content (AvgIpc) is 3.03. The molecular formula is C21H28N4O. The number of aromatic nitrogens is 1. The van der Waals surface area contributed by atoms with Crippen LogP contribution in [0.2, 0.25) is 0 Å². The predicted molar refractivity (Wildman–Crippen MR) is 105 cm³/mol. The zero-order chi connectivity index (χ0) is 18.7. The van der Waals surface area contributed by atoms with Gasteiger partial charge in [-0.1, -0.05) is 0 Å². The summed E-state index contributed by atoms with van der Waals surface area (Å²) in [6.07, 6.45) is 2.11. The fourth-order valence-corrected chi connectivity index (χ4v) is 3.90. The lowest BCUT2D eigenvalue weighted by molar-refractivity contribution is 0.176. The van der Waals surface area contributed by atoms with Gasteiger partial charge in [0.15, 0.2) is 0 Å². The van der Waals surface area contributed by atoms with E-state index in [9.17, 15) is 5.26 Å². The van der Waals surface area contributed by atoms with E-state index in [2.05, 4.69) is 55.0 Å². The Morgan fingerprint density at radius 1 is 1.19 bits per heavy atom. The van der Waals surface area contributed by atoms with Crippen LogP contribution in [0.1, 0.15) is 32.0 Å². The molecule has 0 N–H and O–H groups in total. The normalized spacial score (nSPS) is 17.1. The van der Waals surface area contributed by atoms with E-state index in [4.69, 9.17) is 4.74 Å². The summed E-state index contributed by atoms with van der Waals surface area (Å²) in [4.78, 5) is 4.96. The highest BCUT2D eigenvalue weighted by molar-refractivity contribution is 5.52. The lowest BCUT2D eigenvalue weighted by Gasteiger charge is -2.48. The predicted octanol–water partition coefficient (Wildman–Crippen LogP) is 3.49. The molecule has 1 saturated heterocycles. The maximum absolute atomic E-state index is 9.25. The van der Waals surface area contributed by atoms with Crippen LogP contribution in [0.4, 0.5) is 5.69 Å². The number of hydrogen-bond acceptors (Lipinski definition) is 4. The zero-order valence-electron chi connectivity index (χ0n) is 16.2. The molecule has 0 unspecified atom stereocenters. The summed E-state index contributed by atoms with van der Waals surface area (Å²) in [6, 6.07) is 12.6. The van der Waals surface area contributed by atoms with Crippen molar-refractivity contribution in [1.82, 2.24) is 9.47 Å². The summed E-state index contributed by atoms with van der Waals surface area (Å²) in [5.41, 5.74) is 3.24. The molecule has 5 nitrogen and oxygen atoms in total. The van der Waals surface area contributed by atoms with Crippen LogP contribution in [0.25, 0.3) is 0 Å². The molecule has 3 rings (SSSR count). The number of piperazine rings is 1. The van der Waals surface area contributed by atoms with Crippen LogP contribution < -0.4 is 9.64 Å². The molecule has 0 amide bonds. The van der Waals surface area contributed by atoms with Gasteiger partial charge < -0.3 is 14.2 Å². The van der Waals surface area contributed by atoms with Crippen LogP contribution in [-0.2, 0) is 13.1 Å². The summed E-state index contributed by atoms with van der Waals surface area (Å²) in [5.74, 6) is 0.888. The number of hydrogen-bond donors (Lipinski definition) is 0. The second kappa shape index (κ2) is 7.43. The van der Waals surface area contributed by atoms with E-state index in [1.165, 1.54) is 11.3 Å². The lowest BCUT2D eigenvalue weighted by atomic mass is 9.97. The number of rotatable bonds is 5. The quantitative estimate of drug-likeness (QED) is 0.826. The van der Waals surface area contributed by atoms with Crippen LogP contribution in [0.15, 0.2) is 36.5 Å². The Bertz CT molecular complexity index is 785. The van der Waals surface area contributed by atoms with E-state index in [0.29, 0.717) is 0 Å². The van der Waals surface area contributed by atoms with Gasteiger partial charge in [-0.15, -0.1) is 0 Å². The second-order valence-corrected chi connectivity index (χ2v) is 7.50. The van der Waals surface area contributed by atoms with Crippen molar-refractivity contribution in [3.63, 3.8) is 0 Å².